The van der Waals surface area contributed by atoms with Crippen molar-refractivity contribution in [2.45, 2.75) is 18.6 Å². The first-order valence-corrected chi connectivity index (χ1v) is 7.56. The number of fused-ring (bicyclic) bond motifs is 1. The summed E-state index contributed by atoms with van der Waals surface area (Å²) in [5.74, 6) is -0.690. The second kappa shape index (κ2) is 6.62. The Balaban J connectivity index is 1.78. The lowest BCUT2D eigenvalue weighted by Crippen LogP contribution is -2.54. The minimum Gasteiger partial charge on any atom is -0.493 e. The van der Waals surface area contributed by atoms with Crippen molar-refractivity contribution in [3.8, 4) is 5.75 Å². The molecule has 1 aliphatic rings. The highest BCUT2D eigenvalue weighted by atomic mass is 16.5. The summed E-state index contributed by atoms with van der Waals surface area (Å²) in [6, 6.07) is 16.0. The summed E-state index contributed by atoms with van der Waals surface area (Å²) in [6.07, 6.45) is -0.655. The first kappa shape index (κ1) is 15.9. The predicted octanol–water partition coefficient (Wildman–Crippen LogP) is 2.68. The van der Waals surface area contributed by atoms with Crippen LogP contribution in [0.3, 0.4) is 0 Å². The van der Waals surface area contributed by atoms with Gasteiger partial charge in [-0.25, -0.2) is 9.59 Å². The van der Waals surface area contributed by atoms with Gasteiger partial charge < -0.3 is 19.9 Å². The molecule has 3 rings (SSSR count). The molecular weight excluding hydrogens is 310 g/mol. The van der Waals surface area contributed by atoms with E-state index in [4.69, 9.17) is 9.47 Å². The lowest BCUT2D eigenvalue weighted by molar-refractivity contribution is -0.146. The zero-order valence-corrected chi connectivity index (χ0v) is 12.9. The lowest BCUT2D eigenvalue weighted by atomic mass is 9.84. The minimum atomic E-state index is -1.55. The van der Waals surface area contributed by atoms with E-state index in [0.717, 1.165) is 5.56 Å². The molecule has 0 saturated heterocycles. The van der Waals surface area contributed by atoms with Crippen LogP contribution in [0.15, 0.2) is 54.6 Å². The van der Waals surface area contributed by atoms with E-state index in [2.05, 4.69) is 5.32 Å². The number of ether oxygens (including phenoxy) is 2. The number of carboxylic acid groups (broad SMARTS) is 1. The molecular formula is C18H17NO5. The highest BCUT2D eigenvalue weighted by molar-refractivity contribution is 5.87. The van der Waals surface area contributed by atoms with Crippen molar-refractivity contribution in [3.05, 3.63) is 65.7 Å². The van der Waals surface area contributed by atoms with Crippen molar-refractivity contribution in [2.24, 2.45) is 0 Å². The monoisotopic (exact) mass is 327 g/mol. The Kier molecular flexibility index (Phi) is 4.37. The van der Waals surface area contributed by atoms with Crippen LogP contribution in [0.2, 0.25) is 0 Å². The van der Waals surface area contributed by atoms with Crippen LogP contribution >= 0.6 is 0 Å². The average molecular weight is 327 g/mol. The van der Waals surface area contributed by atoms with Gasteiger partial charge in [-0.2, -0.15) is 0 Å². The Morgan fingerprint density at radius 3 is 2.58 bits per heavy atom. The average Bonchev–Trinajstić information content (AvgIpc) is 2.61. The quantitative estimate of drug-likeness (QED) is 0.902. The van der Waals surface area contributed by atoms with Gasteiger partial charge in [0.1, 0.15) is 12.4 Å². The second-order valence-corrected chi connectivity index (χ2v) is 5.49. The number of hydrogen-bond acceptors (Lipinski definition) is 4. The number of carbonyl (C=O) groups excluding carboxylic acids is 1. The fourth-order valence-electron chi connectivity index (χ4n) is 2.73. The maximum Gasteiger partial charge on any atom is 0.408 e. The highest BCUT2D eigenvalue weighted by Gasteiger charge is 2.46. The Bertz CT molecular complexity index is 746. The SMILES string of the molecule is O=C(NC1(C(=O)O)CCOc2ccccc21)OCc1ccccc1. The van der Waals surface area contributed by atoms with Crippen LogP contribution in [0.25, 0.3) is 0 Å². The van der Waals surface area contributed by atoms with E-state index in [1.54, 1.807) is 24.3 Å². The molecule has 0 aromatic heterocycles. The second-order valence-electron chi connectivity index (χ2n) is 5.49. The third-order valence-corrected chi connectivity index (χ3v) is 3.97. The molecule has 1 atom stereocenters. The maximum absolute atomic E-state index is 12.2. The van der Waals surface area contributed by atoms with Crippen molar-refractivity contribution in [3.63, 3.8) is 0 Å². The summed E-state index contributed by atoms with van der Waals surface area (Å²) in [6.45, 7) is 0.267. The molecule has 24 heavy (non-hydrogen) atoms. The molecule has 1 unspecified atom stereocenters. The number of nitrogens with one attached hydrogen (secondary N) is 1. The zero-order valence-electron chi connectivity index (χ0n) is 12.9. The van der Waals surface area contributed by atoms with E-state index in [1.807, 2.05) is 30.3 Å². The molecule has 0 spiro atoms. The maximum atomic E-state index is 12.2. The van der Waals surface area contributed by atoms with E-state index < -0.39 is 17.6 Å². The minimum absolute atomic E-state index is 0.0700. The number of alkyl carbamates (subject to hydrolysis) is 1. The van der Waals surface area contributed by atoms with Crippen LogP contribution in [-0.2, 0) is 21.7 Å². The molecule has 0 radical (unpaired) electrons. The van der Waals surface area contributed by atoms with Crippen molar-refractivity contribution in [1.82, 2.24) is 5.32 Å². The van der Waals surface area contributed by atoms with Gasteiger partial charge in [-0.3, -0.25) is 0 Å². The van der Waals surface area contributed by atoms with Gasteiger partial charge in [0.2, 0.25) is 0 Å². The van der Waals surface area contributed by atoms with Gasteiger partial charge in [0.25, 0.3) is 0 Å². The Labute approximate surface area is 139 Å². The molecule has 2 aromatic rings. The summed E-state index contributed by atoms with van der Waals surface area (Å²) >= 11 is 0. The van der Waals surface area contributed by atoms with Crippen LogP contribution in [0, 0.1) is 0 Å². The van der Waals surface area contributed by atoms with E-state index >= 15 is 0 Å². The predicted molar refractivity (Wildman–Crippen MR) is 85.6 cm³/mol. The smallest absolute Gasteiger partial charge is 0.408 e. The van der Waals surface area contributed by atoms with Crippen LogP contribution in [0.4, 0.5) is 4.79 Å². The number of para-hydroxylation sites is 1. The molecule has 0 bridgehead atoms. The zero-order chi connectivity index (χ0) is 17.0. The van der Waals surface area contributed by atoms with Gasteiger partial charge in [-0.15, -0.1) is 0 Å². The number of carboxylic acids is 1. The summed E-state index contributed by atoms with van der Waals surface area (Å²) in [4.78, 5) is 24.1. The first-order valence-electron chi connectivity index (χ1n) is 7.56. The van der Waals surface area contributed by atoms with Gasteiger partial charge >= 0.3 is 12.1 Å². The molecule has 6 nitrogen and oxygen atoms in total. The molecule has 1 aliphatic heterocycles. The molecule has 0 fully saturated rings. The van der Waals surface area contributed by atoms with Crippen molar-refractivity contribution >= 4 is 12.1 Å². The summed E-state index contributed by atoms with van der Waals surface area (Å²) < 4.78 is 10.7. The summed E-state index contributed by atoms with van der Waals surface area (Å²) in [5.41, 5.74) is -0.312. The number of carbonyl (C=O) groups is 2. The number of hydrogen-bond donors (Lipinski definition) is 2. The molecule has 1 amide bonds. The van der Waals surface area contributed by atoms with E-state index in [0.29, 0.717) is 11.3 Å². The third-order valence-electron chi connectivity index (χ3n) is 3.97. The molecule has 1 heterocycles. The van der Waals surface area contributed by atoms with Gasteiger partial charge in [0.05, 0.1) is 6.61 Å². The van der Waals surface area contributed by atoms with Crippen molar-refractivity contribution in [1.29, 1.82) is 0 Å². The number of amides is 1. The number of rotatable bonds is 4. The van der Waals surface area contributed by atoms with Crippen molar-refractivity contribution < 1.29 is 24.2 Å². The normalized spacial score (nSPS) is 18.8. The number of aliphatic carboxylic acids is 1. The highest BCUT2D eigenvalue weighted by Crippen LogP contribution is 2.37. The van der Waals surface area contributed by atoms with Crippen LogP contribution in [0.5, 0.6) is 5.75 Å². The fourth-order valence-corrected chi connectivity index (χ4v) is 2.73. The molecule has 0 aliphatic carbocycles. The Morgan fingerprint density at radius 2 is 1.83 bits per heavy atom. The van der Waals surface area contributed by atoms with E-state index in [-0.39, 0.29) is 19.6 Å². The Hall–Kier alpha value is -3.02. The van der Waals surface area contributed by atoms with Crippen molar-refractivity contribution in [2.75, 3.05) is 6.61 Å². The van der Waals surface area contributed by atoms with Crippen LogP contribution in [0.1, 0.15) is 17.5 Å². The summed E-state index contributed by atoms with van der Waals surface area (Å²) in [5, 5.41) is 12.3. The molecule has 0 saturated carbocycles. The summed E-state index contributed by atoms with van der Waals surface area (Å²) in [7, 11) is 0. The lowest BCUT2D eigenvalue weighted by Gasteiger charge is -2.35. The van der Waals surface area contributed by atoms with Crippen LogP contribution in [-0.4, -0.2) is 23.8 Å². The standard InChI is InChI=1S/C18H17NO5/c20-16(21)18(10-11-23-15-9-5-4-8-14(15)18)19-17(22)24-12-13-6-2-1-3-7-13/h1-9H,10-12H2,(H,19,22)(H,20,21). The largest absolute Gasteiger partial charge is 0.493 e. The van der Waals surface area contributed by atoms with Gasteiger partial charge in [-0.1, -0.05) is 48.5 Å². The number of benzene rings is 2. The van der Waals surface area contributed by atoms with Gasteiger partial charge in [0, 0.05) is 12.0 Å². The molecule has 6 heteroatoms. The Morgan fingerprint density at radius 1 is 1.12 bits per heavy atom. The van der Waals surface area contributed by atoms with E-state index in [9.17, 15) is 14.7 Å². The van der Waals surface area contributed by atoms with Gasteiger partial charge in [0.15, 0.2) is 5.54 Å². The van der Waals surface area contributed by atoms with Gasteiger partial charge in [-0.05, 0) is 11.6 Å². The molecule has 2 N–H and O–H groups in total. The molecule has 124 valence electrons. The van der Waals surface area contributed by atoms with Crippen LogP contribution < -0.4 is 10.1 Å². The first-order chi connectivity index (χ1) is 11.6. The third kappa shape index (κ3) is 3.03. The fraction of sp³-hybridized carbons (Fsp3) is 0.222. The topological polar surface area (TPSA) is 84.9 Å². The molecule has 2 aromatic carbocycles. The van der Waals surface area contributed by atoms with E-state index in [1.165, 1.54) is 0 Å².